The lowest BCUT2D eigenvalue weighted by atomic mass is 10.1. The Hall–Kier alpha value is -1.61. The van der Waals surface area contributed by atoms with Gasteiger partial charge in [-0.15, -0.1) is 0 Å². The smallest absolute Gasteiger partial charge is 0.334 e. The minimum atomic E-state index is -0.339. The van der Waals surface area contributed by atoms with Crippen molar-refractivity contribution in [2.24, 2.45) is 0 Å². The molecule has 3 nitrogen and oxygen atoms in total. The molecule has 0 heterocycles. The minimum absolute atomic E-state index is 0.238. The number of ether oxygens (including phenoxy) is 1. The van der Waals surface area contributed by atoms with E-state index in [0.717, 1.165) is 13.0 Å². The normalized spacial score (nSPS) is 12.2. The SMILES string of the molecule is C=C(C)C(=O)OC(C)N(C)CCc1ccccc1. The van der Waals surface area contributed by atoms with Gasteiger partial charge in [0.2, 0.25) is 0 Å². The summed E-state index contributed by atoms with van der Waals surface area (Å²) >= 11 is 0. The van der Waals surface area contributed by atoms with Crippen LogP contribution in [-0.2, 0) is 16.0 Å². The monoisotopic (exact) mass is 247 g/mol. The predicted molar refractivity (Wildman–Crippen MR) is 73.1 cm³/mol. The molecule has 1 rings (SSSR count). The molecule has 0 aliphatic rings. The average Bonchev–Trinajstić information content (AvgIpc) is 2.36. The first kappa shape index (κ1) is 14.5. The molecule has 1 unspecified atom stereocenters. The largest absolute Gasteiger partial charge is 0.443 e. The summed E-state index contributed by atoms with van der Waals surface area (Å²) in [6.07, 6.45) is 0.699. The van der Waals surface area contributed by atoms with Crippen LogP contribution in [0.1, 0.15) is 19.4 Å². The predicted octanol–water partition coefficient (Wildman–Crippen LogP) is 2.63. The molecule has 0 spiro atoms. The molecule has 0 aliphatic heterocycles. The van der Waals surface area contributed by atoms with Gasteiger partial charge in [0.25, 0.3) is 0 Å². The standard InChI is InChI=1S/C15H21NO2/c1-12(2)15(17)18-13(3)16(4)11-10-14-8-6-5-7-9-14/h5-9,13H,1,10-11H2,2-4H3. The van der Waals surface area contributed by atoms with Gasteiger partial charge in [-0.05, 0) is 32.9 Å². The van der Waals surface area contributed by atoms with Gasteiger partial charge in [0.15, 0.2) is 6.23 Å². The van der Waals surface area contributed by atoms with Crippen molar-refractivity contribution in [3.8, 4) is 0 Å². The van der Waals surface area contributed by atoms with Crippen LogP contribution in [0.4, 0.5) is 0 Å². The van der Waals surface area contributed by atoms with E-state index >= 15 is 0 Å². The minimum Gasteiger partial charge on any atom is -0.443 e. The first-order valence-corrected chi connectivity index (χ1v) is 6.11. The number of hydrogen-bond acceptors (Lipinski definition) is 3. The molecule has 1 aromatic carbocycles. The van der Waals surface area contributed by atoms with E-state index in [1.807, 2.05) is 37.1 Å². The molecule has 0 saturated heterocycles. The van der Waals surface area contributed by atoms with E-state index in [-0.39, 0.29) is 12.2 Å². The van der Waals surface area contributed by atoms with Crippen LogP contribution in [0, 0.1) is 0 Å². The van der Waals surface area contributed by atoms with Crippen LogP contribution in [0.25, 0.3) is 0 Å². The maximum atomic E-state index is 11.4. The highest BCUT2D eigenvalue weighted by Crippen LogP contribution is 2.05. The Morgan fingerprint density at radius 1 is 1.39 bits per heavy atom. The summed E-state index contributed by atoms with van der Waals surface area (Å²) in [5.74, 6) is -0.339. The van der Waals surface area contributed by atoms with Crippen LogP contribution in [0.5, 0.6) is 0 Å². The molecule has 0 saturated carbocycles. The lowest BCUT2D eigenvalue weighted by Gasteiger charge is -2.24. The Balaban J connectivity index is 2.38. The Morgan fingerprint density at radius 2 is 2.00 bits per heavy atom. The first-order valence-electron chi connectivity index (χ1n) is 6.11. The molecule has 1 atom stereocenters. The summed E-state index contributed by atoms with van der Waals surface area (Å²) in [7, 11) is 1.94. The summed E-state index contributed by atoms with van der Waals surface area (Å²) in [6, 6.07) is 10.3. The van der Waals surface area contributed by atoms with Gasteiger partial charge in [-0.3, -0.25) is 4.90 Å². The Labute approximate surface area is 109 Å². The molecule has 1 aromatic rings. The number of likely N-dealkylation sites (N-methyl/N-ethyl adjacent to an activating group) is 1. The van der Waals surface area contributed by atoms with Gasteiger partial charge in [0.1, 0.15) is 0 Å². The van der Waals surface area contributed by atoms with Gasteiger partial charge in [0.05, 0.1) is 0 Å². The number of carbonyl (C=O) groups is 1. The highest BCUT2D eigenvalue weighted by atomic mass is 16.6. The Morgan fingerprint density at radius 3 is 2.56 bits per heavy atom. The van der Waals surface area contributed by atoms with Gasteiger partial charge >= 0.3 is 5.97 Å². The fourth-order valence-corrected chi connectivity index (χ4v) is 1.48. The summed E-state index contributed by atoms with van der Waals surface area (Å²) in [6.45, 7) is 7.93. The van der Waals surface area contributed by atoms with Crippen molar-refractivity contribution in [3.05, 3.63) is 48.0 Å². The summed E-state index contributed by atoms with van der Waals surface area (Å²) in [5.41, 5.74) is 1.71. The first-order chi connectivity index (χ1) is 8.50. The number of nitrogens with zero attached hydrogens (tertiary/aromatic N) is 1. The van der Waals surface area contributed by atoms with Crippen molar-refractivity contribution >= 4 is 5.97 Å². The quantitative estimate of drug-likeness (QED) is 0.439. The van der Waals surface area contributed by atoms with E-state index in [9.17, 15) is 4.79 Å². The van der Waals surface area contributed by atoms with E-state index in [2.05, 4.69) is 18.7 Å². The zero-order chi connectivity index (χ0) is 13.5. The van der Waals surface area contributed by atoms with Crippen molar-refractivity contribution < 1.29 is 9.53 Å². The second kappa shape index (κ2) is 6.97. The van der Waals surface area contributed by atoms with Gasteiger partial charge in [0, 0.05) is 12.1 Å². The molecule has 0 radical (unpaired) electrons. The molecule has 0 amide bonds. The maximum absolute atomic E-state index is 11.4. The molecule has 0 aromatic heterocycles. The van der Waals surface area contributed by atoms with Gasteiger partial charge in [-0.1, -0.05) is 36.9 Å². The zero-order valence-corrected chi connectivity index (χ0v) is 11.3. The molecule has 18 heavy (non-hydrogen) atoms. The van der Waals surface area contributed by atoms with Gasteiger partial charge in [-0.25, -0.2) is 4.79 Å². The average molecular weight is 247 g/mol. The Bertz CT molecular complexity index is 400. The molecular weight excluding hydrogens is 226 g/mol. The van der Waals surface area contributed by atoms with E-state index in [4.69, 9.17) is 4.74 Å². The summed E-state index contributed by atoms with van der Waals surface area (Å²) in [5, 5.41) is 0. The van der Waals surface area contributed by atoms with Crippen molar-refractivity contribution in [2.45, 2.75) is 26.5 Å². The van der Waals surface area contributed by atoms with E-state index in [1.54, 1.807) is 6.92 Å². The van der Waals surface area contributed by atoms with Crippen molar-refractivity contribution in [2.75, 3.05) is 13.6 Å². The highest BCUT2D eigenvalue weighted by Gasteiger charge is 2.14. The lowest BCUT2D eigenvalue weighted by molar-refractivity contribution is -0.151. The van der Waals surface area contributed by atoms with Crippen LogP contribution in [-0.4, -0.2) is 30.7 Å². The second-order valence-corrected chi connectivity index (χ2v) is 4.50. The molecule has 0 bridgehead atoms. The summed E-state index contributed by atoms with van der Waals surface area (Å²) in [4.78, 5) is 13.4. The molecule has 0 N–H and O–H groups in total. The fraction of sp³-hybridized carbons (Fsp3) is 0.400. The number of benzene rings is 1. The highest BCUT2D eigenvalue weighted by molar-refractivity contribution is 5.87. The maximum Gasteiger partial charge on any atom is 0.334 e. The van der Waals surface area contributed by atoms with Crippen molar-refractivity contribution in [1.82, 2.24) is 4.90 Å². The zero-order valence-electron chi connectivity index (χ0n) is 11.3. The third-order valence-electron chi connectivity index (χ3n) is 2.84. The third kappa shape index (κ3) is 4.72. The van der Waals surface area contributed by atoms with Crippen molar-refractivity contribution in [3.63, 3.8) is 0 Å². The van der Waals surface area contributed by atoms with E-state index < -0.39 is 0 Å². The number of carbonyl (C=O) groups excluding carboxylic acids is 1. The molecule has 98 valence electrons. The number of rotatable bonds is 6. The van der Waals surface area contributed by atoms with Crippen LogP contribution < -0.4 is 0 Å². The van der Waals surface area contributed by atoms with Crippen LogP contribution in [0.3, 0.4) is 0 Å². The van der Waals surface area contributed by atoms with Gasteiger partial charge in [-0.2, -0.15) is 0 Å². The molecule has 3 heteroatoms. The molecule has 0 fully saturated rings. The van der Waals surface area contributed by atoms with E-state index in [0.29, 0.717) is 5.57 Å². The lowest BCUT2D eigenvalue weighted by Crippen LogP contribution is -2.35. The van der Waals surface area contributed by atoms with Crippen LogP contribution in [0.2, 0.25) is 0 Å². The Kier molecular flexibility index (Phi) is 5.59. The molecule has 0 aliphatic carbocycles. The van der Waals surface area contributed by atoms with Crippen molar-refractivity contribution in [1.29, 1.82) is 0 Å². The van der Waals surface area contributed by atoms with E-state index in [1.165, 1.54) is 5.56 Å². The third-order valence-corrected chi connectivity index (χ3v) is 2.84. The fourth-order valence-electron chi connectivity index (χ4n) is 1.48. The second-order valence-electron chi connectivity index (χ2n) is 4.50. The van der Waals surface area contributed by atoms with Crippen LogP contribution in [0.15, 0.2) is 42.5 Å². The van der Waals surface area contributed by atoms with Gasteiger partial charge < -0.3 is 4.74 Å². The molecular formula is C15H21NO2. The number of esters is 1. The number of hydrogen-bond donors (Lipinski definition) is 0. The van der Waals surface area contributed by atoms with Crippen LogP contribution >= 0.6 is 0 Å². The topological polar surface area (TPSA) is 29.5 Å². The summed E-state index contributed by atoms with van der Waals surface area (Å²) < 4.78 is 5.25.